The third kappa shape index (κ3) is 4.44. The second-order valence-corrected chi connectivity index (χ2v) is 9.75. The van der Waals surface area contributed by atoms with Crippen LogP contribution in [-0.4, -0.2) is 49.7 Å². The highest BCUT2D eigenvalue weighted by atomic mass is 79.9. The fourth-order valence-corrected chi connectivity index (χ4v) is 5.46. The summed E-state index contributed by atoms with van der Waals surface area (Å²) < 4.78 is 28.1. The van der Waals surface area contributed by atoms with Crippen LogP contribution in [0, 0.1) is 5.92 Å². The highest BCUT2D eigenvalue weighted by molar-refractivity contribution is 9.10. The van der Waals surface area contributed by atoms with E-state index in [1.165, 1.54) is 17.1 Å². The maximum absolute atomic E-state index is 12.9. The summed E-state index contributed by atoms with van der Waals surface area (Å²) in [7, 11) is -3.54. The van der Waals surface area contributed by atoms with Crippen LogP contribution >= 0.6 is 15.9 Å². The van der Waals surface area contributed by atoms with Crippen LogP contribution in [0.4, 0.5) is 0 Å². The van der Waals surface area contributed by atoms with Crippen LogP contribution in [0.15, 0.2) is 33.6 Å². The molecule has 0 N–H and O–H groups in total. The molecular formula is C18H25BrN2O3S. The summed E-state index contributed by atoms with van der Waals surface area (Å²) in [5.41, 5.74) is 0. The van der Waals surface area contributed by atoms with Gasteiger partial charge >= 0.3 is 0 Å². The molecular weight excluding hydrogens is 404 g/mol. The third-order valence-electron chi connectivity index (χ3n) is 5.10. The molecule has 7 heteroatoms. The monoisotopic (exact) mass is 428 g/mol. The normalized spacial score (nSPS) is 23.2. The van der Waals surface area contributed by atoms with E-state index in [2.05, 4.69) is 15.9 Å². The van der Waals surface area contributed by atoms with Gasteiger partial charge in [-0.15, -0.1) is 0 Å². The maximum Gasteiger partial charge on any atom is 0.243 e. The molecule has 0 aromatic heterocycles. The van der Waals surface area contributed by atoms with Gasteiger partial charge in [-0.1, -0.05) is 28.8 Å². The van der Waals surface area contributed by atoms with Gasteiger partial charge in [0.05, 0.1) is 10.8 Å². The van der Waals surface area contributed by atoms with Gasteiger partial charge in [-0.05, 0) is 49.9 Å². The van der Waals surface area contributed by atoms with Crippen LogP contribution in [-0.2, 0) is 14.8 Å². The van der Waals surface area contributed by atoms with Gasteiger partial charge in [-0.25, -0.2) is 8.42 Å². The lowest BCUT2D eigenvalue weighted by Crippen LogP contribution is -2.46. The zero-order valence-electron chi connectivity index (χ0n) is 14.4. The minimum atomic E-state index is -3.54. The van der Waals surface area contributed by atoms with Crippen LogP contribution in [0.3, 0.4) is 0 Å². The first kappa shape index (κ1) is 18.9. The van der Waals surface area contributed by atoms with Gasteiger partial charge in [0.1, 0.15) is 0 Å². The fraction of sp³-hybridized carbons (Fsp3) is 0.611. The van der Waals surface area contributed by atoms with Gasteiger partial charge in [0.2, 0.25) is 15.9 Å². The molecule has 1 aromatic carbocycles. The lowest BCUT2D eigenvalue weighted by Gasteiger charge is -2.34. The van der Waals surface area contributed by atoms with Crippen molar-refractivity contribution in [3.63, 3.8) is 0 Å². The first-order valence-electron chi connectivity index (χ1n) is 9.03. The second kappa shape index (κ2) is 8.18. The zero-order valence-corrected chi connectivity index (χ0v) is 16.8. The summed E-state index contributed by atoms with van der Waals surface area (Å²) in [6.45, 7) is 2.42. The van der Waals surface area contributed by atoms with E-state index in [1.54, 1.807) is 24.3 Å². The Morgan fingerprint density at radius 3 is 2.24 bits per heavy atom. The van der Waals surface area contributed by atoms with E-state index >= 15 is 0 Å². The van der Waals surface area contributed by atoms with E-state index in [0.29, 0.717) is 18.0 Å². The molecule has 0 saturated carbocycles. The third-order valence-corrected chi connectivity index (χ3v) is 7.51. The molecule has 2 saturated heterocycles. The van der Waals surface area contributed by atoms with Crippen molar-refractivity contribution in [1.29, 1.82) is 0 Å². The number of carbonyl (C=O) groups excluding carboxylic acids is 1. The molecule has 2 aliphatic heterocycles. The van der Waals surface area contributed by atoms with E-state index in [9.17, 15) is 13.2 Å². The van der Waals surface area contributed by atoms with Crippen LogP contribution < -0.4 is 0 Å². The molecule has 0 aliphatic carbocycles. The number of likely N-dealkylation sites (tertiary alicyclic amines) is 1. The van der Waals surface area contributed by atoms with Gasteiger partial charge < -0.3 is 4.90 Å². The number of piperidine rings is 1. The Hall–Kier alpha value is -0.920. The maximum atomic E-state index is 12.9. The number of halogens is 1. The number of rotatable bonds is 3. The Balaban J connectivity index is 1.71. The van der Waals surface area contributed by atoms with Crippen molar-refractivity contribution in [1.82, 2.24) is 9.21 Å². The van der Waals surface area contributed by atoms with Crippen molar-refractivity contribution in [3.8, 4) is 0 Å². The molecule has 138 valence electrons. The lowest BCUT2D eigenvalue weighted by atomic mass is 9.98. The summed E-state index contributed by atoms with van der Waals surface area (Å²) in [4.78, 5) is 15.1. The number of hydrogen-bond acceptors (Lipinski definition) is 3. The molecule has 2 aliphatic rings. The van der Waals surface area contributed by atoms with Crippen LogP contribution in [0.5, 0.6) is 0 Å². The SMILES string of the molecule is O=C([C@H]1CCCN(S(=O)(=O)c2ccc(Br)cc2)C1)N1CCCCCC1. The molecule has 25 heavy (non-hydrogen) atoms. The minimum absolute atomic E-state index is 0.137. The van der Waals surface area contributed by atoms with Crippen molar-refractivity contribution < 1.29 is 13.2 Å². The summed E-state index contributed by atoms with van der Waals surface area (Å²) in [6, 6.07) is 6.69. The van der Waals surface area contributed by atoms with Crippen molar-refractivity contribution in [2.45, 2.75) is 43.4 Å². The number of hydrogen-bond donors (Lipinski definition) is 0. The smallest absolute Gasteiger partial charge is 0.243 e. The molecule has 5 nitrogen and oxygen atoms in total. The number of nitrogens with zero attached hydrogens (tertiary/aromatic N) is 2. The summed E-state index contributed by atoms with van der Waals surface area (Å²) in [5.74, 6) is -0.0744. The van der Waals surface area contributed by atoms with Crippen LogP contribution in [0.1, 0.15) is 38.5 Å². The Bertz CT molecular complexity index is 698. The molecule has 0 radical (unpaired) electrons. The van der Waals surface area contributed by atoms with Gasteiger partial charge in [0.15, 0.2) is 0 Å². The van der Waals surface area contributed by atoms with E-state index in [4.69, 9.17) is 0 Å². The Morgan fingerprint density at radius 2 is 1.60 bits per heavy atom. The van der Waals surface area contributed by atoms with Crippen molar-refractivity contribution in [3.05, 3.63) is 28.7 Å². The summed E-state index contributed by atoms with van der Waals surface area (Å²) in [6.07, 6.45) is 5.98. The number of benzene rings is 1. The van der Waals surface area contributed by atoms with Crippen LogP contribution in [0.25, 0.3) is 0 Å². The Morgan fingerprint density at radius 1 is 0.960 bits per heavy atom. The molecule has 2 heterocycles. The molecule has 0 spiro atoms. The quantitative estimate of drug-likeness (QED) is 0.741. The first-order valence-corrected chi connectivity index (χ1v) is 11.3. The molecule has 3 rings (SSSR count). The first-order chi connectivity index (χ1) is 12.0. The van der Waals surface area contributed by atoms with E-state index < -0.39 is 10.0 Å². The van der Waals surface area contributed by atoms with Gasteiger partial charge in [0.25, 0.3) is 0 Å². The highest BCUT2D eigenvalue weighted by Gasteiger charge is 2.35. The molecule has 0 unspecified atom stereocenters. The lowest BCUT2D eigenvalue weighted by molar-refractivity contribution is -0.136. The molecule has 1 atom stereocenters. The molecule has 2 fully saturated rings. The van der Waals surface area contributed by atoms with Gasteiger partial charge in [-0.3, -0.25) is 4.79 Å². The van der Waals surface area contributed by atoms with Crippen molar-refractivity contribution >= 4 is 31.9 Å². The molecule has 0 bridgehead atoms. The number of carbonyl (C=O) groups is 1. The highest BCUT2D eigenvalue weighted by Crippen LogP contribution is 2.26. The van der Waals surface area contributed by atoms with E-state index in [0.717, 1.165) is 43.2 Å². The van der Waals surface area contributed by atoms with Gasteiger partial charge in [0, 0.05) is 30.7 Å². The second-order valence-electron chi connectivity index (χ2n) is 6.90. The average Bonchev–Trinajstić information content (AvgIpc) is 2.91. The standard InChI is InChI=1S/C18H25BrN2O3S/c19-16-7-9-17(10-8-16)25(23,24)21-13-5-6-15(14-21)18(22)20-11-3-1-2-4-12-20/h7-10,15H,1-6,11-14H2/t15-/m0/s1. The van der Waals surface area contributed by atoms with Crippen molar-refractivity contribution in [2.24, 2.45) is 5.92 Å². The van der Waals surface area contributed by atoms with Crippen LogP contribution in [0.2, 0.25) is 0 Å². The molecule has 1 amide bonds. The van der Waals surface area contributed by atoms with Crippen molar-refractivity contribution in [2.75, 3.05) is 26.2 Å². The Labute approximate surface area is 158 Å². The number of amides is 1. The largest absolute Gasteiger partial charge is 0.342 e. The summed E-state index contributed by atoms with van der Waals surface area (Å²) >= 11 is 3.33. The average molecular weight is 429 g/mol. The summed E-state index contributed by atoms with van der Waals surface area (Å²) in [5, 5.41) is 0. The predicted octanol–water partition coefficient (Wildman–Crippen LogP) is 3.25. The predicted molar refractivity (Wildman–Crippen MR) is 101 cm³/mol. The molecule has 1 aromatic rings. The number of sulfonamides is 1. The van der Waals surface area contributed by atoms with E-state index in [1.807, 2.05) is 4.90 Å². The fourth-order valence-electron chi connectivity index (χ4n) is 3.67. The zero-order chi connectivity index (χ0) is 17.9. The van der Waals surface area contributed by atoms with E-state index in [-0.39, 0.29) is 11.8 Å². The van der Waals surface area contributed by atoms with Gasteiger partial charge in [-0.2, -0.15) is 4.31 Å². The Kier molecular flexibility index (Phi) is 6.17. The minimum Gasteiger partial charge on any atom is -0.342 e. The topological polar surface area (TPSA) is 57.7 Å².